The molecule has 2 fully saturated rings. The predicted octanol–water partition coefficient (Wildman–Crippen LogP) is 2.29. The summed E-state index contributed by atoms with van der Waals surface area (Å²) in [5.74, 6) is 0.940. The van der Waals surface area contributed by atoms with Crippen LogP contribution in [0.3, 0.4) is 0 Å². The van der Waals surface area contributed by atoms with Crippen molar-refractivity contribution >= 4 is 5.91 Å². The molecule has 1 unspecified atom stereocenters. The third kappa shape index (κ3) is 3.35. The highest BCUT2D eigenvalue weighted by Crippen LogP contribution is 2.30. The highest BCUT2D eigenvalue weighted by molar-refractivity contribution is 5.94. The van der Waals surface area contributed by atoms with E-state index in [1.54, 1.807) is 0 Å². The molecule has 3 nitrogen and oxygen atoms in total. The molecule has 0 bridgehead atoms. The summed E-state index contributed by atoms with van der Waals surface area (Å²) in [7, 11) is 0. The first-order valence-corrected chi connectivity index (χ1v) is 7.40. The van der Waals surface area contributed by atoms with E-state index in [2.05, 4.69) is 10.2 Å². The van der Waals surface area contributed by atoms with Gasteiger partial charge in [0.15, 0.2) is 0 Å². The molecule has 1 atom stereocenters. The van der Waals surface area contributed by atoms with Crippen LogP contribution in [0.1, 0.15) is 36.0 Å². The molecule has 0 spiro atoms. The summed E-state index contributed by atoms with van der Waals surface area (Å²) < 4.78 is 0. The molecule has 1 saturated heterocycles. The Labute approximate surface area is 115 Å². The first kappa shape index (κ1) is 12.7. The van der Waals surface area contributed by atoms with E-state index in [4.69, 9.17) is 0 Å². The Bertz CT molecular complexity index is 422. The van der Waals surface area contributed by atoms with Crippen molar-refractivity contribution < 1.29 is 4.79 Å². The molecule has 2 aliphatic rings. The summed E-state index contributed by atoms with van der Waals surface area (Å²) in [6.07, 6.45) is 5.01. The third-order valence-electron chi connectivity index (χ3n) is 4.09. The zero-order chi connectivity index (χ0) is 13.1. The average Bonchev–Trinajstić information content (AvgIpc) is 3.12. The van der Waals surface area contributed by atoms with Crippen LogP contribution in [-0.4, -0.2) is 36.5 Å². The van der Waals surface area contributed by atoms with E-state index in [0.717, 1.165) is 31.1 Å². The molecule has 19 heavy (non-hydrogen) atoms. The Morgan fingerprint density at radius 1 is 1.16 bits per heavy atom. The molecule has 1 amide bonds. The SMILES string of the molecule is O=C(c1ccccc1)N(CC1CC1)CC1CCCN1. The van der Waals surface area contributed by atoms with Crippen molar-refractivity contribution in [3.8, 4) is 0 Å². The Kier molecular flexibility index (Phi) is 3.83. The van der Waals surface area contributed by atoms with Crippen molar-refractivity contribution in [3.63, 3.8) is 0 Å². The molecule has 1 N–H and O–H groups in total. The lowest BCUT2D eigenvalue weighted by Crippen LogP contribution is -2.42. The second-order valence-corrected chi connectivity index (χ2v) is 5.81. The van der Waals surface area contributed by atoms with Gasteiger partial charge >= 0.3 is 0 Å². The van der Waals surface area contributed by atoms with Gasteiger partial charge in [-0.15, -0.1) is 0 Å². The summed E-state index contributed by atoms with van der Waals surface area (Å²) in [5, 5.41) is 3.49. The molecule has 3 rings (SSSR count). The molecule has 1 heterocycles. The average molecular weight is 258 g/mol. The summed E-state index contributed by atoms with van der Waals surface area (Å²) >= 11 is 0. The van der Waals surface area contributed by atoms with Crippen LogP contribution >= 0.6 is 0 Å². The minimum atomic E-state index is 0.196. The number of carbonyl (C=O) groups excluding carboxylic acids is 1. The van der Waals surface area contributed by atoms with Gasteiger partial charge in [0.2, 0.25) is 0 Å². The van der Waals surface area contributed by atoms with Gasteiger partial charge < -0.3 is 10.2 Å². The molecule has 0 radical (unpaired) electrons. The van der Waals surface area contributed by atoms with Gasteiger partial charge in [0.05, 0.1) is 0 Å². The van der Waals surface area contributed by atoms with E-state index in [1.807, 2.05) is 30.3 Å². The number of benzene rings is 1. The Morgan fingerprint density at radius 2 is 1.95 bits per heavy atom. The zero-order valence-corrected chi connectivity index (χ0v) is 11.3. The second kappa shape index (κ2) is 5.74. The van der Waals surface area contributed by atoms with Crippen molar-refractivity contribution in [2.45, 2.75) is 31.7 Å². The number of rotatable bonds is 5. The highest BCUT2D eigenvalue weighted by Gasteiger charge is 2.29. The molecule has 1 aromatic carbocycles. The van der Waals surface area contributed by atoms with Gasteiger partial charge in [-0.2, -0.15) is 0 Å². The quantitative estimate of drug-likeness (QED) is 0.879. The smallest absolute Gasteiger partial charge is 0.253 e. The first-order chi connectivity index (χ1) is 9.33. The number of amides is 1. The Hall–Kier alpha value is -1.35. The molecule has 1 aliphatic carbocycles. The minimum Gasteiger partial charge on any atom is -0.337 e. The van der Waals surface area contributed by atoms with E-state index in [9.17, 15) is 4.79 Å². The van der Waals surface area contributed by atoms with Gasteiger partial charge in [0.1, 0.15) is 0 Å². The summed E-state index contributed by atoms with van der Waals surface area (Å²) in [6.45, 7) is 2.90. The third-order valence-corrected chi connectivity index (χ3v) is 4.09. The van der Waals surface area contributed by atoms with Crippen LogP contribution in [0, 0.1) is 5.92 Å². The fourth-order valence-corrected chi connectivity index (χ4v) is 2.79. The normalized spacial score (nSPS) is 22.4. The molecule has 3 heteroatoms. The monoisotopic (exact) mass is 258 g/mol. The van der Waals surface area contributed by atoms with E-state index in [-0.39, 0.29) is 5.91 Å². The summed E-state index contributed by atoms with van der Waals surface area (Å²) in [6, 6.07) is 10.2. The number of nitrogens with one attached hydrogen (secondary N) is 1. The van der Waals surface area contributed by atoms with E-state index in [0.29, 0.717) is 6.04 Å². The highest BCUT2D eigenvalue weighted by atomic mass is 16.2. The van der Waals surface area contributed by atoms with Gasteiger partial charge in [-0.25, -0.2) is 0 Å². The largest absolute Gasteiger partial charge is 0.337 e. The van der Waals surface area contributed by atoms with Crippen LogP contribution in [0.15, 0.2) is 30.3 Å². The molecule has 102 valence electrons. The topological polar surface area (TPSA) is 32.3 Å². The Balaban J connectivity index is 1.68. The number of nitrogens with zero attached hydrogens (tertiary/aromatic N) is 1. The van der Waals surface area contributed by atoms with Gasteiger partial charge in [-0.3, -0.25) is 4.79 Å². The standard InChI is InChI=1S/C16H22N2O/c19-16(14-5-2-1-3-6-14)18(11-13-8-9-13)12-15-7-4-10-17-15/h1-3,5-6,13,15,17H,4,7-12H2. The lowest BCUT2D eigenvalue weighted by molar-refractivity contribution is 0.0733. The Morgan fingerprint density at radius 3 is 2.58 bits per heavy atom. The van der Waals surface area contributed by atoms with Crippen LogP contribution in [0.2, 0.25) is 0 Å². The van der Waals surface area contributed by atoms with Crippen molar-refractivity contribution in [2.75, 3.05) is 19.6 Å². The van der Waals surface area contributed by atoms with Crippen LogP contribution in [-0.2, 0) is 0 Å². The zero-order valence-electron chi connectivity index (χ0n) is 11.3. The number of carbonyl (C=O) groups is 1. The maximum absolute atomic E-state index is 12.6. The van der Waals surface area contributed by atoms with Gasteiger partial charge in [-0.05, 0) is 50.3 Å². The van der Waals surface area contributed by atoms with Crippen LogP contribution in [0.25, 0.3) is 0 Å². The minimum absolute atomic E-state index is 0.196. The van der Waals surface area contributed by atoms with Crippen LogP contribution < -0.4 is 5.32 Å². The predicted molar refractivity (Wildman–Crippen MR) is 76.1 cm³/mol. The van der Waals surface area contributed by atoms with E-state index in [1.165, 1.54) is 25.7 Å². The second-order valence-electron chi connectivity index (χ2n) is 5.81. The number of hydrogen-bond donors (Lipinski definition) is 1. The number of hydrogen-bond acceptors (Lipinski definition) is 2. The molecule has 1 aromatic rings. The maximum Gasteiger partial charge on any atom is 0.253 e. The van der Waals surface area contributed by atoms with E-state index < -0.39 is 0 Å². The van der Waals surface area contributed by atoms with Gasteiger partial charge in [-0.1, -0.05) is 18.2 Å². The molecule has 0 aromatic heterocycles. The van der Waals surface area contributed by atoms with E-state index >= 15 is 0 Å². The van der Waals surface area contributed by atoms with Crippen LogP contribution in [0.5, 0.6) is 0 Å². The fraction of sp³-hybridized carbons (Fsp3) is 0.562. The van der Waals surface area contributed by atoms with Gasteiger partial charge in [0, 0.05) is 24.7 Å². The molecular formula is C16H22N2O. The molecule has 1 aliphatic heterocycles. The summed E-state index contributed by atoms with van der Waals surface area (Å²) in [5.41, 5.74) is 0.821. The fourth-order valence-electron chi connectivity index (χ4n) is 2.79. The lowest BCUT2D eigenvalue weighted by Gasteiger charge is -2.26. The van der Waals surface area contributed by atoms with Gasteiger partial charge in [0.25, 0.3) is 5.91 Å². The first-order valence-electron chi connectivity index (χ1n) is 7.40. The van der Waals surface area contributed by atoms with Crippen molar-refractivity contribution in [1.82, 2.24) is 10.2 Å². The van der Waals surface area contributed by atoms with Crippen molar-refractivity contribution in [2.24, 2.45) is 5.92 Å². The lowest BCUT2D eigenvalue weighted by atomic mass is 10.1. The van der Waals surface area contributed by atoms with Crippen molar-refractivity contribution in [1.29, 1.82) is 0 Å². The van der Waals surface area contributed by atoms with Crippen LogP contribution in [0.4, 0.5) is 0 Å². The maximum atomic E-state index is 12.6. The van der Waals surface area contributed by atoms with Crippen molar-refractivity contribution in [3.05, 3.63) is 35.9 Å². The summed E-state index contributed by atoms with van der Waals surface area (Å²) in [4.78, 5) is 14.7. The molecule has 1 saturated carbocycles. The molecular weight excluding hydrogens is 236 g/mol.